The maximum Gasteiger partial charge on any atom is 0.335 e. The third kappa shape index (κ3) is 3.22. The van der Waals surface area contributed by atoms with Gasteiger partial charge in [-0.05, 0) is 84.7 Å². The van der Waals surface area contributed by atoms with E-state index in [0.717, 1.165) is 24.3 Å². The number of rotatable bonds is 3. The lowest BCUT2D eigenvalue weighted by Gasteiger charge is -2.68. The molecule has 0 saturated heterocycles. The molecule has 5 aliphatic rings. The summed E-state index contributed by atoms with van der Waals surface area (Å²) in [5, 5.41) is 0. The summed E-state index contributed by atoms with van der Waals surface area (Å²) in [7, 11) is 0. The van der Waals surface area contributed by atoms with Crippen molar-refractivity contribution in [2.45, 2.75) is 92.3 Å². The van der Waals surface area contributed by atoms with Crippen molar-refractivity contribution in [3.8, 4) is 0 Å². The quantitative estimate of drug-likeness (QED) is 0.338. The van der Waals surface area contributed by atoms with Crippen LogP contribution in [-0.2, 0) is 20.9 Å². The highest BCUT2D eigenvalue weighted by Crippen LogP contribution is 2.72. The maximum atomic E-state index is 13.2. The lowest BCUT2D eigenvalue weighted by Crippen LogP contribution is -2.62. The van der Waals surface area contributed by atoms with Crippen molar-refractivity contribution in [3.63, 3.8) is 0 Å². The molecule has 1 aromatic rings. The van der Waals surface area contributed by atoms with Crippen LogP contribution in [0.25, 0.3) is 0 Å². The van der Waals surface area contributed by atoms with Crippen LogP contribution < -0.4 is 0 Å². The van der Waals surface area contributed by atoms with Crippen LogP contribution in [0, 0.1) is 33.5 Å². The van der Waals surface area contributed by atoms with Gasteiger partial charge in [-0.15, -0.1) is 0 Å². The average Bonchev–Trinajstić information content (AvgIpc) is 3.20. The zero-order valence-electron chi connectivity index (χ0n) is 22.3. The van der Waals surface area contributed by atoms with Crippen LogP contribution in [0.4, 0.5) is 0 Å². The van der Waals surface area contributed by atoms with Gasteiger partial charge < -0.3 is 9.47 Å². The predicted octanol–water partition coefficient (Wildman–Crippen LogP) is 7.41. The summed E-state index contributed by atoms with van der Waals surface area (Å²) < 4.78 is 12.5. The molecule has 6 rings (SSSR count). The van der Waals surface area contributed by atoms with E-state index in [2.05, 4.69) is 71.0 Å². The molecule has 0 N–H and O–H groups in total. The van der Waals surface area contributed by atoms with E-state index in [1.54, 1.807) is 0 Å². The molecule has 0 bridgehead atoms. The molecule has 1 aliphatic heterocycles. The minimum Gasteiger partial charge on any atom is -0.458 e. The van der Waals surface area contributed by atoms with Crippen LogP contribution >= 0.6 is 0 Å². The number of hydrogen-bond acceptors (Lipinski definition) is 3. The van der Waals surface area contributed by atoms with Gasteiger partial charge in [-0.1, -0.05) is 76.1 Å². The van der Waals surface area contributed by atoms with Gasteiger partial charge in [0, 0.05) is 5.41 Å². The van der Waals surface area contributed by atoms with E-state index in [1.165, 1.54) is 48.8 Å². The molecule has 0 radical (unpaired) electrons. The molecule has 3 saturated carbocycles. The van der Waals surface area contributed by atoms with Gasteiger partial charge in [0.1, 0.15) is 6.61 Å². The number of cyclic esters (lactones) is 1. The number of hydrogen-bond donors (Lipinski definition) is 0. The van der Waals surface area contributed by atoms with E-state index >= 15 is 0 Å². The van der Waals surface area contributed by atoms with Crippen LogP contribution in [0.2, 0.25) is 0 Å². The lowest BCUT2D eigenvalue weighted by molar-refractivity contribution is -0.171. The summed E-state index contributed by atoms with van der Waals surface area (Å²) in [6, 6.07) is 10.5. The molecule has 3 nitrogen and oxygen atoms in total. The van der Waals surface area contributed by atoms with Crippen molar-refractivity contribution in [1.82, 2.24) is 0 Å². The molecule has 35 heavy (non-hydrogen) atoms. The predicted molar refractivity (Wildman–Crippen MR) is 138 cm³/mol. The first-order valence-electron chi connectivity index (χ1n) is 13.9. The number of carbonyl (C=O) groups is 1. The first kappa shape index (κ1) is 23.5. The highest BCUT2D eigenvalue weighted by Gasteiger charge is 2.67. The van der Waals surface area contributed by atoms with Crippen LogP contribution in [0.15, 0.2) is 53.1 Å². The molecule has 6 atom stereocenters. The molecule has 3 fully saturated rings. The Morgan fingerprint density at radius 3 is 2.54 bits per heavy atom. The fourth-order valence-electron chi connectivity index (χ4n) is 9.87. The Bertz CT molecular complexity index is 1100. The van der Waals surface area contributed by atoms with E-state index in [9.17, 15) is 4.79 Å². The lowest BCUT2D eigenvalue weighted by atomic mass is 9.37. The fraction of sp³-hybridized carbons (Fsp3) is 0.656. The van der Waals surface area contributed by atoms with Gasteiger partial charge >= 0.3 is 5.97 Å². The number of esters is 1. The highest BCUT2D eigenvalue weighted by molar-refractivity contribution is 5.95. The number of ether oxygens (including phenoxy) is 2. The van der Waals surface area contributed by atoms with Crippen LogP contribution in [0.5, 0.6) is 0 Å². The average molecular weight is 475 g/mol. The third-order valence-corrected chi connectivity index (χ3v) is 11.4. The molecule has 4 aliphatic carbocycles. The van der Waals surface area contributed by atoms with E-state index in [1.807, 2.05) is 0 Å². The zero-order valence-corrected chi connectivity index (χ0v) is 22.3. The highest BCUT2D eigenvalue weighted by atomic mass is 16.5. The molecule has 0 spiro atoms. The molecular formula is C32H42O3. The SMILES string of the molecule is CC1(C)CCC[C@]2(C)[C@H]3C[C@@H](OCc4ccccc4)[C@@]4(C)C(=CCC5=C4C(=O)OC5)[C@]3(C)CC[C@@H]12. The van der Waals surface area contributed by atoms with Gasteiger partial charge in [0.15, 0.2) is 0 Å². The van der Waals surface area contributed by atoms with E-state index < -0.39 is 5.41 Å². The van der Waals surface area contributed by atoms with Gasteiger partial charge in [-0.3, -0.25) is 0 Å². The van der Waals surface area contributed by atoms with Crippen molar-refractivity contribution in [1.29, 1.82) is 0 Å². The first-order chi connectivity index (χ1) is 16.6. The standard InChI is InChI=1S/C32H42O3/c1-29(2)15-9-16-30(3)23(29)14-17-31(4)24-13-12-22-20-35-28(33)27(22)32(24,5)26(18-25(30)31)34-19-21-10-7-6-8-11-21/h6-8,10-11,13,23,25-26H,9,12,14-20H2,1-5H3/t23-,25+,26+,30-,31-,32+/m0/s1. The zero-order chi connectivity index (χ0) is 24.6. The summed E-state index contributed by atoms with van der Waals surface area (Å²) in [4.78, 5) is 13.2. The van der Waals surface area contributed by atoms with Crippen molar-refractivity contribution >= 4 is 5.97 Å². The van der Waals surface area contributed by atoms with Crippen molar-refractivity contribution in [2.75, 3.05) is 6.61 Å². The second kappa shape index (κ2) is 7.81. The summed E-state index contributed by atoms with van der Waals surface area (Å²) in [6.07, 6.45) is 10.8. The van der Waals surface area contributed by atoms with Crippen molar-refractivity contribution in [2.24, 2.45) is 33.5 Å². The monoisotopic (exact) mass is 474 g/mol. The largest absolute Gasteiger partial charge is 0.458 e. The Kier molecular flexibility index (Phi) is 5.25. The fourth-order valence-corrected chi connectivity index (χ4v) is 9.87. The van der Waals surface area contributed by atoms with Crippen molar-refractivity contribution < 1.29 is 14.3 Å². The molecule has 0 unspecified atom stereocenters. The van der Waals surface area contributed by atoms with Gasteiger partial charge in [0.25, 0.3) is 0 Å². The normalized spacial score (nSPS) is 41.8. The van der Waals surface area contributed by atoms with Crippen LogP contribution in [0.3, 0.4) is 0 Å². The molecule has 0 aromatic heterocycles. The topological polar surface area (TPSA) is 35.5 Å². The maximum absolute atomic E-state index is 13.2. The van der Waals surface area contributed by atoms with Crippen LogP contribution in [0.1, 0.15) is 85.1 Å². The Hall–Kier alpha value is -1.87. The van der Waals surface area contributed by atoms with Crippen molar-refractivity contribution in [3.05, 3.63) is 58.7 Å². The van der Waals surface area contributed by atoms with E-state index in [-0.39, 0.29) is 17.5 Å². The number of allylic oxidation sites excluding steroid dienone is 1. The number of benzene rings is 1. The van der Waals surface area contributed by atoms with E-state index in [0.29, 0.717) is 30.0 Å². The van der Waals surface area contributed by atoms with Gasteiger partial charge in [0.05, 0.1) is 18.3 Å². The van der Waals surface area contributed by atoms with E-state index in [4.69, 9.17) is 9.47 Å². The molecular weight excluding hydrogens is 432 g/mol. The Morgan fingerprint density at radius 2 is 1.77 bits per heavy atom. The Morgan fingerprint density at radius 1 is 1.00 bits per heavy atom. The minimum atomic E-state index is -0.408. The van der Waals surface area contributed by atoms with Gasteiger partial charge in [-0.25, -0.2) is 4.79 Å². The molecule has 3 heteroatoms. The molecule has 188 valence electrons. The smallest absolute Gasteiger partial charge is 0.335 e. The Labute approximate surface area is 211 Å². The summed E-state index contributed by atoms with van der Waals surface area (Å²) >= 11 is 0. The molecule has 1 heterocycles. The Balaban J connectivity index is 1.44. The molecule has 0 amide bonds. The summed E-state index contributed by atoms with van der Waals surface area (Å²) in [5.74, 6) is 1.20. The summed E-state index contributed by atoms with van der Waals surface area (Å²) in [6.45, 7) is 13.5. The van der Waals surface area contributed by atoms with Gasteiger partial charge in [0.2, 0.25) is 0 Å². The van der Waals surface area contributed by atoms with Crippen LogP contribution in [-0.4, -0.2) is 18.7 Å². The first-order valence-corrected chi connectivity index (χ1v) is 13.9. The molecule has 1 aromatic carbocycles. The second-order valence-electron chi connectivity index (χ2n) is 13.5. The van der Waals surface area contributed by atoms with Gasteiger partial charge in [-0.2, -0.15) is 0 Å². The third-order valence-electron chi connectivity index (χ3n) is 11.4. The minimum absolute atomic E-state index is 0.0244. The second-order valence-corrected chi connectivity index (χ2v) is 13.5. The number of fused-ring (bicyclic) bond motifs is 6. The summed E-state index contributed by atoms with van der Waals surface area (Å²) in [5.41, 5.74) is 5.15. The number of carbonyl (C=O) groups excluding carboxylic acids is 1.